The summed E-state index contributed by atoms with van der Waals surface area (Å²) in [4.78, 5) is 9.69. The number of nitrogens with zero attached hydrogens (tertiary/aromatic N) is 2. The minimum absolute atomic E-state index is 0.540. The molecule has 0 radical (unpaired) electrons. The van der Waals surface area contributed by atoms with Gasteiger partial charge in [0, 0.05) is 21.9 Å². The van der Waals surface area contributed by atoms with Crippen molar-refractivity contribution < 1.29 is 8.83 Å². The van der Waals surface area contributed by atoms with Crippen LogP contribution in [0.4, 0.5) is 0 Å². The molecule has 0 saturated heterocycles. The number of fused-ring (bicyclic) bond motifs is 10. The quantitative estimate of drug-likeness (QED) is 0.164. The number of allylic oxidation sites excluding steroid dienone is 5. The topological polar surface area (TPSA) is 52.1 Å². The van der Waals surface area contributed by atoms with Gasteiger partial charge < -0.3 is 8.83 Å². The van der Waals surface area contributed by atoms with Gasteiger partial charge in [-0.05, 0) is 68.9 Å². The molecule has 0 aliphatic rings. The number of rotatable bonds is 6. The first-order valence-electron chi connectivity index (χ1n) is 17.8. The second-order valence-electron chi connectivity index (χ2n) is 13.3. The van der Waals surface area contributed by atoms with Crippen LogP contribution >= 0.6 is 0 Å². The first-order valence-corrected chi connectivity index (χ1v) is 17.8. The van der Waals surface area contributed by atoms with Gasteiger partial charge in [-0.3, -0.25) is 0 Å². The van der Waals surface area contributed by atoms with E-state index in [1.165, 1.54) is 10.8 Å². The van der Waals surface area contributed by atoms with E-state index in [-0.39, 0.29) is 0 Å². The summed E-state index contributed by atoms with van der Waals surface area (Å²) in [6.45, 7) is 2.01. The standard InChI is InChI=1S/C49H32N2O2/c1-2-32(42-30-50-46-45-37-22-10-8-19-34(37)26-27-43(45)52-49(46)51-42)16-7-6-14-31-15-12-21-35(28-31)39-24-13-25-40-44-38-23-11-9-20-36(38)29-41(48(44)53-47(39)40)33-17-4-3-5-18-33/h2-30H,1H3/b14-6+,16-7-,32-2+. The molecule has 0 aliphatic heterocycles. The van der Waals surface area contributed by atoms with Crippen molar-refractivity contribution in [2.75, 3.05) is 0 Å². The summed E-state index contributed by atoms with van der Waals surface area (Å²) >= 11 is 0. The predicted octanol–water partition coefficient (Wildman–Crippen LogP) is 13.6. The van der Waals surface area contributed by atoms with Crippen LogP contribution in [-0.2, 0) is 0 Å². The minimum Gasteiger partial charge on any atom is -0.455 e. The smallest absolute Gasteiger partial charge is 0.246 e. The lowest BCUT2D eigenvalue weighted by molar-refractivity contribution is 0.652. The lowest BCUT2D eigenvalue weighted by atomic mass is 9.95. The Hall–Kier alpha value is -7.04. The number of benzene rings is 7. The summed E-state index contributed by atoms with van der Waals surface area (Å²) in [5, 5.41) is 7.93. The lowest BCUT2D eigenvalue weighted by Crippen LogP contribution is -1.89. The van der Waals surface area contributed by atoms with Crippen LogP contribution in [0, 0.1) is 0 Å². The Morgan fingerprint density at radius 1 is 0.585 bits per heavy atom. The zero-order valence-electron chi connectivity index (χ0n) is 29.0. The molecule has 0 bridgehead atoms. The van der Waals surface area contributed by atoms with E-state index >= 15 is 0 Å². The third-order valence-electron chi connectivity index (χ3n) is 10.1. The highest BCUT2D eigenvalue weighted by Gasteiger charge is 2.19. The average Bonchev–Trinajstić information content (AvgIpc) is 3.80. The van der Waals surface area contributed by atoms with Gasteiger partial charge in [0.15, 0.2) is 0 Å². The molecular weight excluding hydrogens is 649 g/mol. The van der Waals surface area contributed by atoms with Crippen molar-refractivity contribution in [2.24, 2.45) is 0 Å². The molecule has 0 fully saturated rings. The third kappa shape index (κ3) is 5.23. The van der Waals surface area contributed by atoms with E-state index in [4.69, 9.17) is 18.8 Å². The highest BCUT2D eigenvalue weighted by Crippen LogP contribution is 2.43. The van der Waals surface area contributed by atoms with Crippen LogP contribution in [0.3, 0.4) is 0 Å². The summed E-state index contributed by atoms with van der Waals surface area (Å²) in [5.74, 6) is 0. The van der Waals surface area contributed by atoms with E-state index in [2.05, 4.69) is 133 Å². The highest BCUT2D eigenvalue weighted by molar-refractivity contribution is 6.24. The van der Waals surface area contributed by atoms with E-state index in [0.29, 0.717) is 5.71 Å². The van der Waals surface area contributed by atoms with Gasteiger partial charge in [-0.1, -0.05) is 152 Å². The zero-order chi connectivity index (χ0) is 35.3. The summed E-state index contributed by atoms with van der Waals surface area (Å²) < 4.78 is 13.0. The number of hydrogen-bond donors (Lipinski definition) is 0. The molecule has 3 heterocycles. The van der Waals surface area contributed by atoms with Crippen LogP contribution in [-0.4, -0.2) is 9.97 Å². The van der Waals surface area contributed by atoms with Gasteiger partial charge in [0.05, 0.1) is 17.3 Å². The first kappa shape index (κ1) is 30.8. The van der Waals surface area contributed by atoms with Gasteiger partial charge >= 0.3 is 0 Å². The Morgan fingerprint density at radius 2 is 1.34 bits per heavy atom. The molecule has 250 valence electrons. The Bertz CT molecular complexity index is 3120. The van der Waals surface area contributed by atoms with E-state index in [1.54, 1.807) is 0 Å². The molecule has 10 rings (SSSR count). The van der Waals surface area contributed by atoms with Gasteiger partial charge in [-0.25, -0.2) is 9.97 Å². The van der Waals surface area contributed by atoms with Gasteiger partial charge in [0.2, 0.25) is 5.71 Å². The van der Waals surface area contributed by atoms with Gasteiger partial charge in [0.1, 0.15) is 22.3 Å². The Morgan fingerprint density at radius 3 is 2.21 bits per heavy atom. The first-order chi connectivity index (χ1) is 26.2. The van der Waals surface area contributed by atoms with Crippen LogP contribution < -0.4 is 0 Å². The van der Waals surface area contributed by atoms with Crippen LogP contribution in [0.1, 0.15) is 18.2 Å². The summed E-state index contributed by atoms with van der Waals surface area (Å²) in [6, 6.07) is 48.7. The molecule has 3 aromatic heterocycles. The molecule has 4 heteroatoms. The molecule has 0 atom stereocenters. The molecule has 7 aromatic carbocycles. The summed E-state index contributed by atoms with van der Waals surface area (Å²) in [7, 11) is 0. The molecule has 0 aliphatic carbocycles. The second kappa shape index (κ2) is 12.6. The number of para-hydroxylation sites is 1. The maximum absolute atomic E-state index is 6.86. The molecule has 0 unspecified atom stereocenters. The summed E-state index contributed by atoms with van der Waals surface area (Å²) in [5.41, 5.74) is 11.1. The molecular formula is C49H32N2O2. The van der Waals surface area contributed by atoms with E-state index in [9.17, 15) is 0 Å². The van der Waals surface area contributed by atoms with E-state index in [0.717, 1.165) is 88.3 Å². The minimum atomic E-state index is 0.540. The second-order valence-corrected chi connectivity index (χ2v) is 13.3. The predicted molar refractivity (Wildman–Crippen MR) is 221 cm³/mol. The van der Waals surface area contributed by atoms with Crippen molar-refractivity contribution in [2.45, 2.75) is 6.92 Å². The number of hydrogen-bond acceptors (Lipinski definition) is 4. The monoisotopic (exact) mass is 680 g/mol. The fraction of sp³-hybridized carbons (Fsp3) is 0.0204. The van der Waals surface area contributed by atoms with Crippen molar-refractivity contribution in [1.82, 2.24) is 9.97 Å². The molecule has 0 spiro atoms. The Balaban J connectivity index is 0.972. The summed E-state index contributed by atoms with van der Waals surface area (Å²) in [6.07, 6.45) is 12.1. The Labute approximate surface area is 305 Å². The molecule has 10 aromatic rings. The SMILES string of the molecule is C\C=C(/C=C\C=C\c1cccc(-c2cccc3c2oc2c(-c4ccccc4)cc4ccccc4c23)c1)c1cnc2c(n1)oc1ccc3ccccc3c12. The largest absolute Gasteiger partial charge is 0.455 e. The average molecular weight is 681 g/mol. The fourth-order valence-electron chi connectivity index (χ4n) is 7.61. The van der Waals surface area contributed by atoms with Crippen LogP contribution in [0.2, 0.25) is 0 Å². The van der Waals surface area contributed by atoms with Gasteiger partial charge in [0.25, 0.3) is 0 Å². The molecule has 53 heavy (non-hydrogen) atoms. The van der Waals surface area contributed by atoms with Crippen LogP contribution in [0.25, 0.3) is 99.6 Å². The normalized spacial score (nSPS) is 12.6. The number of aromatic nitrogens is 2. The van der Waals surface area contributed by atoms with Crippen molar-refractivity contribution in [1.29, 1.82) is 0 Å². The molecule has 0 saturated carbocycles. The van der Waals surface area contributed by atoms with E-state index in [1.807, 2.05) is 49.5 Å². The van der Waals surface area contributed by atoms with Crippen molar-refractivity contribution in [3.8, 4) is 22.3 Å². The molecule has 0 amide bonds. The molecule has 0 N–H and O–H groups in total. The maximum Gasteiger partial charge on any atom is 0.246 e. The van der Waals surface area contributed by atoms with E-state index < -0.39 is 0 Å². The molecule has 4 nitrogen and oxygen atoms in total. The van der Waals surface area contributed by atoms with Crippen LogP contribution in [0.15, 0.2) is 179 Å². The third-order valence-corrected chi connectivity index (χ3v) is 10.1. The zero-order valence-corrected chi connectivity index (χ0v) is 29.0. The van der Waals surface area contributed by atoms with Crippen LogP contribution in [0.5, 0.6) is 0 Å². The maximum atomic E-state index is 6.86. The Kier molecular flexibility index (Phi) is 7.33. The number of furan rings is 2. The van der Waals surface area contributed by atoms with Gasteiger partial charge in [-0.15, -0.1) is 0 Å². The van der Waals surface area contributed by atoms with Crippen molar-refractivity contribution in [3.05, 3.63) is 181 Å². The highest BCUT2D eigenvalue weighted by atomic mass is 16.3. The van der Waals surface area contributed by atoms with Crippen molar-refractivity contribution >= 4 is 77.3 Å². The van der Waals surface area contributed by atoms with Gasteiger partial charge in [-0.2, -0.15) is 0 Å². The lowest BCUT2D eigenvalue weighted by Gasteiger charge is -2.06. The van der Waals surface area contributed by atoms with Crippen molar-refractivity contribution in [3.63, 3.8) is 0 Å². The fourth-order valence-corrected chi connectivity index (χ4v) is 7.61.